The normalized spacial score (nSPS) is 15.2. The van der Waals surface area contributed by atoms with Crippen molar-refractivity contribution in [3.05, 3.63) is 30.0 Å². The predicted octanol–water partition coefficient (Wildman–Crippen LogP) is 1.21. The summed E-state index contributed by atoms with van der Waals surface area (Å²) in [5, 5.41) is 24.4. The average molecular weight is 241 g/mol. The Morgan fingerprint density at radius 1 is 1.44 bits per heavy atom. The lowest BCUT2D eigenvalue weighted by Crippen LogP contribution is -2.19. The van der Waals surface area contributed by atoms with Gasteiger partial charge in [-0.1, -0.05) is 12.1 Å². The summed E-state index contributed by atoms with van der Waals surface area (Å²) in [6.07, 6.45) is -0.159. The molecule has 2 N–H and O–H groups in total. The van der Waals surface area contributed by atoms with Gasteiger partial charge in [0.2, 0.25) is 0 Å². The van der Waals surface area contributed by atoms with E-state index in [9.17, 15) is 10.2 Å². The molecule has 0 aliphatic carbocycles. The summed E-state index contributed by atoms with van der Waals surface area (Å²) in [7, 11) is 1.83. The number of aromatic nitrogens is 2. The Morgan fingerprint density at radius 3 is 2.88 bits per heavy atom. The number of benzene rings is 1. The molecule has 86 valence electrons. The van der Waals surface area contributed by atoms with Crippen LogP contribution in [0.3, 0.4) is 0 Å². The molecule has 0 fully saturated rings. The van der Waals surface area contributed by atoms with Crippen molar-refractivity contribution in [2.45, 2.75) is 12.2 Å². The van der Waals surface area contributed by atoms with Crippen LogP contribution in [0.5, 0.6) is 0 Å². The first-order valence-corrected chi connectivity index (χ1v) is 5.50. The highest BCUT2D eigenvalue weighted by molar-refractivity contribution is 6.18. The highest BCUT2D eigenvalue weighted by Crippen LogP contribution is 2.22. The number of aryl methyl sites for hydroxylation is 1. The van der Waals surface area contributed by atoms with Gasteiger partial charge in [0.05, 0.1) is 23.7 Å². The topological polar surface area (TPSA) is 58.3 Å². The van der Waals surface area contributed by atoms with Gasteiger partial charge in [-0.25, -0.2) is 0 Å². The van der Waals surface area contributed by atoms with Gasteiger partial charge in [-0.3, -0.25) is 4.68 Å². The van der Waals surface area contributed by atoms with Crippen molar-refractivity contribution in [2.75, 3.05) is 5.88 Å². The van der Waals surface area contributed by atoms with Gasteiger partial charge in [-0.15, -0.1) is 11.6 Å². The monoisotopic (exact) mass is 240 g/mol. The first-order valence-electron chi connectivity index (χ1n) is 4.97. The van der Waals surface area contributed by atoms with Crippen molar-refractivity contribution in [1.29, 1.82) is 0 Å². The summed E-state index contributed by atoms with van der Waals surface area (Å²) in [5.41, 5.74) is 1.56. The Labute approximate surface area is 98.1 Å². The molecule has 2 unspecified atom stereocenters. The van der Waals surface area contributed by atoms with Crippen molar-refractivity contribution in [3.8, 4) is 0 Å². The number of alkyl halides is 1. The van der Waals surface area contributed by atoms with Crippen LogP contribution in [0.1, 0.15) is 11.7 Å². The third-order valence-electron chi connectivity index (χ3n) is 2.64. The van der Waals surface area contributed by atoms with Gasteiger partial charge in [0.15, 0.2) is 0 Å². The Bertz CT molecular complexity index is 498. The van der Waals surface area contributed by atoms with Crippen LogP contribution < -0.4 is 0 Å². The van der Waals surface area contributed by atoms with Gasteiger partial charge in [-0.05, 0) is 11.6 Å². The van der Waals surface area contributed by atoms with Gasteiger partial charge >= 0.3 is 0 Å². The summed E-state index contributed by atoms with van der Waals surface area (Å²) in [6, 6.07) is 5.44. The molecule has 0 saturated carbocycles. The minimum absolute atomic E-state index is 0.00455. The third-order valence-corrected chi connectivity index (χ3v) is 2.95. The lowest BCUT2D eigenvalue weighted by Gasteiger charge is -2.15. The molecular formula is C11H13ClN2O2. The molecule has 1 aromatic heterocycles. The molecule has 2 rings (SSSR count). The van der Waals surface area contributed by atoms with Crippen LogP contribution in [0.25, 0.3) is 10.9 Å². The molecule has 1 heterocycles. The summed E-state index contributed by atoms with van der Waals surface area (Å²) in [6.45, 7) is 0. The van der Waals surface area contributed by atoms with E-state index in [2.05, 4.69) is 5.10 Å². The highest BCUT2D eigenvalue weighted by atomic mass is 35.5. The standard InChI is InChI=1S/C11H13ClN2O2/c1-14-9-4-7(11(16)10(15)5-12)2-3-8(9)6-13-14/h2-4,6,10-11,15-16H,5H2,1H3. The maximum absolute atomic E-state index is 9.81. The molecule has 16 heavy (non-hydrogen) atoms. The molecule has 5 heteroatoms. The molecule has 0 aliphatic rings. The van der Waals surface area contributed by atoms with E-state index in [-0.39, 0.29) is 5.88 Å². The second-order valence-corrected chi connectivity index (χ2v) is 4.06. The Hall–Kier alpha value is -1.10. The van der Waals surface area contributed by atoms with Crippen LogP contribution >= 0.6 is 11.6 Å². The summed E-state index contributed by atoms with van der Waals surface area (Å²) in [5.74, 6) is 0.00455. The molecule has 4 nitrogen and oxygen atoms in total. The summed E-state index contributed by atoms with van der Waals surface area (Å²) in [4.78, 5) is 0. The first kappa shape index (κ1) is 11.4. The van der Waals surface area contributed by atoms with Crippen molar-refractivity contribution >= 4 is 22.5 Å². The molecule has 0 amide bonds. The van der Waals surface area contributed by atoms with E-state index in [0.717, 1.165) is 10.9 Å². The smallest absolute Gasteiger partial charge is 0.106 e. The minimum atomic E-state index is -0.961. The molecule has 0 bridgehead atoms. The SMILES string of the molecule is Cn1ncc2ccc(C(O)C(O)CCl)cc21. The lowest BCUT2D eigenvalue weighted by atomic mass is 10.0. The van der Waals surface area contributed by atoms with Crippen LogP contribution in [-0.2, 0) is 7.05 Å². The van der Waals surface area contributed by atoms with E-state index in [4.69, 9.17) is 11.6 Å². The van der Waals surface area contributed by atoms with Gasteiger partial charge in [0.1, 0.15) is 6.10 Å². The van der Waals surface area contributed by atoms with Crippen molar-refractivity contribution in [2.24, 2.45) is 7.05 Å². The van der Waals surface area contributed by atoms with Crippen LogP contribution in [-0.4, -0.2) is 32.0 Å². The maximum Gasteiger partial charge on any atom is 0.106 e. The third kappa shape index (κ3) is 1.91. The summed E-state index contributed by atoms with van der Waals surface area (Å²) >= 11 is 5.50. The van der Waals surface area contributed by atoms with Crippen molar-refractivity contribution < 1.29 is 10.2 Å². The fourth-order valence-corrected chi connectivity index (χ4v) is 1.82. The van der Waals surface area contributed by atoms with E-state index >= 15 is 0 Å². The molecule has 1 aromatic carbocycles. The van der Waals surface area contributed by atoms with Crippen LogP contribution in [0.15, 0.2) is 24.4 Å². The molecular weight excluding hydrogens is 228 g/mol. The Kier molecular flexibility index (Phi) is 3.14. The van der Waals surface area contributed by atoms with E-state index in [1.54, 1.807) is 16.9 Å². The number of fused-ring (bicyclic) bond motifs is 1. The number of hydrogen-bond donors (Lipinski definition) is 2. The zero-order chi connectivity index (χ0) is 11.7. The Balaban J connectivity index is 2.41. The molecule has 2 aromatic rings. The molecule has 0 saturated heterocycles. The predicted molar refractivity (Wildman–Crippen MR) is 62.4 cm³/mol. The van der Waals surface area contributed by atoms with Gasteiger partial charge in [-0.2, -0.15) is 5.10 Å². The number of hydrogen-bond acceptors (Lipinski definition) is 3. The van der Waals surface area contributed by atoms with Crippen LogP contribution in [0.4, 0.5) is 0 Å². The fourth-order valence-electron chi connectivity index (χ4n) is 1.65. The fraction of sp³-hybridized carbons (Fsp3) is 0.364. The average Bonchev–Trinajstić information content (AvgIpc) is 2.68. The highest BCUT2D eigenvalue weighted by Gasteiger charge is 2.17. The number of halogens is 1. The quantitative estimate of drug-likeness (QED) is 0.793. The van der Waals surface area contributed by atoms with Crippen molar-refractivity contribution in [3.63, 3.8) is 0 Å². The maximum atomic E-state index is 9.81. The van der Waals surface area contributed by atoms with Gasteiger partial charge < -0.3 is 10.2 Å². The minimum Gasteiger partial charge on any atom is -0.389 e. The number of rotatable bonds is 3. The van der Waals surface area contributed by atoms with Gasteiger partial charge in [0.25, 0.3) is 0 Å². The lowest BCUT2D eigenvalue weighted by molar-refractivity contribution is 0.0328. The number of aliphatic hydroxyl groups is 2. The van der Waals surface area contributed by atoms with E-state index in [0.29, 0.717) is 5.56 Å². The number of aliphatic hydroxyl groups excluding tert-OH is 2. The molecule has 2 atom stereocenters. The van der Waals surface area contributed by atoms with Crippen molar-refractivity contribution in [1.82, 2.24) is 9.78 Å². The summed E-state index contributed by atoms with van der Waals surface area (Å²) < 4.78 is 1.72. The second-order valence-electron chi connectivity index (χ2n) is 3.75. The Morgan fingerprint density at radius 2 is 2.19 bits per heavy atom. The zero-order valence-electron chi connectivity index (χ0n) is 8.84. The van der Waals surface area contributed by atoms with Gasteiger partial charge in [0, 0.05) is 12.4 Å². The zero-order valence-corrected chi connectivity index (χ0v) is 9.59. The van der Waals surface area contributed by atoms with Crippen LogP contribution in [0.2, 0.25) is 0 Å². The van der Waals surface area contributed by atoms with E-state index < -0.39 is 12.2 Å². The first-order chi connectivity index (χ1) is 7.63. The second kappa shape index (κ2) is 4.41. The molecule has 0 radical (unpaired) electrons. The van der Waals surface area contributed by atoms with Crippen LogP contribution in [0, 0.1) is 0 Å². The largest absolute Gasteiger partial charge is 0.389 e. The molecule has 0 spiro atoms. The molecule has 0 aliphatic heterocycles. The van der Waals surface area contributed by atoms with E-state index in [1.165, 1.54) is 0 Å². The van der Waals surface area contributed by atoms with E-state index in [1.807, 2.05) is 19.2 Å². The number of nitrogens with zero attached hydrogens (tertiary/aromatic N) is 2.